The molecule has 9 nitrogen and oxygen atoms in total. The second-order valence-electron chi connectivity index (χ2n) is 11.8. The summed E-state index contributed by atoms with van der Waals surface area (Å²) in [6, 6.07) is 30.0. The number of carbonyl (C=O) groups excluding carboxylic acids is 3. The highest BCUT2D eigenvalue weighted by Crippen LogP contribution is 2.40. The molecule has 0 atom stereocenters. The van der Waals surface area contributed by atoms with Crippen LogP contribution >= 0.6 is 11.3 Å². The number of thiazole rings is 1. The van der Waals surface area contributed by atoms with Crippen molar-refractivity contribution in [1.82, 2.24) is 4.98 Å². The lowest BCUT2D eigenvalue weighted by molar-refractivity contribution is -0.179. The number of carbonyl (C=O) groups is 3. The summed E-state index contributed by atoms with van der Waals surface area (Å²) < 4.78 is 10.6. The van der Waals surface area contributed by atoms with Crippen LogP contribution in [-0.2, 0) is 34.2 Å². The summed E-state index contributed by atoms with van der Waals surface area (Å²) in [5.74, 6) is -1.95. The number of Topliss-reactive ketones (excluding diaryl/α,β-unsaturated/α-hetero) is 1. The van der Waals surface area contributed by atoms with Gasteiger partial charge in [0.2, 0.25) is 11.3 Å². The van der Waals surface area contributed by atoms with Crippen LogP contribution in [0.3, 0.4) is 0 Å². The van der Waals surface area contributed by atoms with E-state index in [1.54, 1.807) is 26.2 Å². The Morgan fingerprint density at radius 2 is 1.29 bits per heavy atom. The molecule has 45 heavy (non-hydrogen) atoms. The zero-order chi connectivity index (χ0) is 32.7. The molecule has 0 bridgehead atoms. The van der Waals surface area contributed by atoms with Gasteiger partial charge in [0.25, 0.3) is 0 Å². The highest BCUT2D eigenvalue weighted by atomic mass is 32.1. The molecule has 0 saturated heterocycles. The molecule has 0 unspecified atom stereocenters. The molecular formula is C35H37N3O6S. The molecule has 4 rings (SSSR count). The number of aromatic nitrogens is 1. The molecule has 1 N–H and O–H groups in total. The predicted molar refractivity (Wildman–Crippen MR) is 174 cm³/mol. The van der Waals surface area contributed by atoms with Crippen molar-refractivity contribution in [2.45, 2.75) is 58.3 Å². The third kappa shape index (κ3) is 8.21. The molecule has 0 saturated carbocycles. The van der Waals surface area contributed by atoms with Crippen molar-refractivity contribution in [2.75, 3.05) is 11.9 Å². The van der Waals surface area contributed by atoms with E-state index in [4.69, 9.17) is 19.3 Å². The van der Waals surface area contributed by atoms with E-state index in [0.29, 0.717) is 5.13 Å². The fourth-order valence-corrected chi connectivity index (χ4v) is 5.15. The normalized spacial score (nSPS) is 12.3. The number of anilines is 1. The second-order valence-corrected chi connectivity index (χ2v) is 12.7. The van der Waals surface area contributed by atoms with E-state index < -0.39 is 35.3 Å². The van der Waals surface area contributed by atoms with Crippen LogP contribution < -0.4 is 5.32 Å². The molecule has 234 valence electrons. The first-order valence-electron chi connectivity index (χ1n) is 14.4. The maximum atomic E-state index is 13.2. The van der Waals surface area contributed by atoms with Gasteiger partial charge in [-0.15, -0.1) is 11.3 Å². The van der Waals surface area contributed by atoms with Crippen LogP contribution in [-0.4, -0.2) is 46.2 Å². The molecule has 0 spiro atoms. The van der Waals surface area contributed by atoms with E-state index in [2.05, 4.69) is 10.5 Å². The Balaban J connectivity index is 1.78. The van der Waals surface area contributed by atoms with Gasteiger partial charge < -0.3 is 19.6 Å². The predicted octanol–water partition coefficient (Wildman–Crippen LogP) is 6.52. The Morgan fingerprint density at radius 3 is 1.73 bits per heavy atom. The van der Waals surface area contributed by atoms with Gasteiger partial charge in [-0.2, -0.15) is 0 Å². The Kier molecular flexibility index (Phi) is 10.2. The van der Waals surface area contributed by atoms with Crippen LogP contribution in [0.5, 0.6) is 0 Å². The summed E-state index contributed by atoms with van der Waals surface area (Å²) in [5.41, 5.74) is -0.423. The first-order valence-corrected chi connectivity index (χ1v) is 15.3. The van der Waals surface area contributed by atoms with E-state index in [0.717, 1.165) is 16.7 Å². The highest BCUT2D eigenvalue weighted by molar-refractivity contribution is 7.14. The van der Waals surface area contributed by atoms with E-state index >= 15 is 0 Å². The Bertz CT molecular complexity index is 1550. The summed E-state index contributed by atoms with van der Waals surface area (Å²) in [5, 5.41) is 9.78. The van der Waals surface area contributed by atoms with Gasteiger partial charge in [-0.25, -0.2) is 14.6 Å². The van der Waals surface area contributed by atoms with E-state index in [-0.39, 0.29) is 17.2 Å². The van der Waals surface area contributed by atoms with Crippen LogP contribution in [0.2, 0.25) is 0 Å². The fraction of sp³-hybridized carbons (Fsp3) is 0.286. The van der Waals surface area contributed by atoms with Gasteiger partial charge in [-0.3, -0.25) is 4.79 Å². The molecule has 10 heteroatoms. The average Bonchev–Trinajstić information content (AvgIpc) is 3.47. The number of oxime groups is 1. The Labute approximate surface area is 267 Å². The molecule has 0 radical (unpaired) electrons. The van der Waals surface area contributed by atoms with Crippen molar-refractivity contribution in [3.8, 4) is 0 Å². The van der Waals surface area contributed by atoms with Crippen molar-refractivity contribution in [3.63, 3.8) is 0 Å². The van der Waals surface area contributed by atoms with Crippen LogP contribution in [0.1, 0.15) is 63.9 Å². The number of hydrogen-bond acceptors (Lipinski definition) is 10. The zero-order valence-electron chi connectivity index (χ0n) is 26.2. The number of nitrogens with zero attached hydrogens (tertiary/aromatic N) is 2. The van der Waals surface area contributed by atoms with Crippen LogP contribution in [0.25, 0.3) is 0 Å². The number of esters is 2. The lowest BCUT2D eigenvalue weighted by atomic mass is 9.77. The van der Waals surface area contributed by atoms with E-state index in [1.807, 2.05) is 91.0 Å². The summed E-state index contributed by atoms with van der Waals surface area (Å²) in [6.45, 7) is 9.00. The van der Waals surface area contributed by atoms with Crippen molar-refractivity contribution in [2.24, 2.45) is 5.16 Å². The molecule has 0 aliphatic rings. The van der Waals surface area contributed by atoms with Gasteiger partial charge in [-0.05, 0) is 58.2 Å². The molecule has 3 aromatic carbocycles. The molecule has 0 amide bonds. The Morgan fingerprint density at radius 1 is 0.800 bits per heavy atom. The minimum absolute atomic E-state index is 0.138. The lowest BCUT2D eigenvalue weighted by Crippen LogP contribution is -2.40. The highest BCUT2D eigenvalue weighted by Gasteiger charge is 2.38. The summed E-state index contributed by atoms with van der Waals surface area (Å²) in [6.07, 6.45) is 0. The number of nitrogens with one attached hydrogen (secondary N) is 1. The summed E-state index contributed by atoms with van der Waals surface area (Å²) in [4.78, 5) is 47.8. The van der Waals surface area contributed by atoms with Gasteiger partial charge in [0.1, 0.15) is 23.4 Å². The largest absolute Gasteiger partial charge is 0.457 e. The first kappa shape index (κ1) is 33.1. The molecule has 0 aliphatic heterocycles. The van der Waals surface area contributed by atoms with Gasteiger partial charge in [0, 0.05) is 5.38 Å². The number of ketones is 1. The summed E-state index contributed by atoms with van der Waals surface area (Å²) in [7, 11) is 0. The molecule has 1 aromatic heterocycles. The molecule has 0 aliphatic carbocycles. The van der Waals surface area contributed by atoms with E-state index in [1.165, 1.54) is 32.1 Å². The third-order valence-corrected chi connectivity index (χ3v) is 7.27. The van der Waals surface area contributed by atoms with Gasteiger partial charge in [-0.1, -0.05) is 96.2 Å². The number of rotatable bonds is 12. The molecular weight excluding hydrogens is 590 g/mol. The monoisotopic (exact) mass is 627 g/mol. The first-order chi connectivity index (χ1) is 21.3. The smallest absolute Gasteiger partial charge is 0.363 e. The van der Waals surface area contributed by atoms with Crippen molar-refractivity contribution < 1.29 is 28.7 Å². The van der Waals surface area contributed by atoms with Crippen LogP contribution in [0.15, 0.2) is 102 Å². The number of ether oxygens (including phenoxy) is 2. The summed E-state index contributed by atoms with van der Waals surface area (Å²) >= 11 is 1.25. The maximum absolute atomic E-state index is 13.2. The van der Waals surface area contributed by atoms with Gasteiger partial charge in [0.15, 0.2) is 10.9 Å². The molecule has 0 fully saturated rings. The quantitative estimate of drug-likeness (QED) is 0.0817. The van der Waals surface area contributed by atoms with E-state index in [9.17, 15) is 14.4 Å². The lowest BCUT2D eigenvalue weighted by Gasteiger charge is -2.36. The van der Waals surface area contributed by atoms with Gasteiger partial charge >= 0.3 is 11.9 Å². The van der Waals surface area contributed by atoms with Crippen molar-refractivity contribution in [1.29, 1.82) is 0 Å². The zero-order valence-corrected chi connectivity index (χ0v) is 27.0. The molecule has 1 heterocycles. The maximum Gasteiger partial charge on any atom is 0.363 e. The Hall–Kier alpha value is -4.83. The second kappa shape index (κ2) is 13.9. The number of hydrogen-bond donors (Lipinski definition) is 1. The minimum atomic E-state index is -1.54. The molecule has 4 aromatic rings. The van der Waals surface area contributed by atoms with Crippen molar-refractivity contribution in [3.05, 3.63) is 119 Å². The average molecular weight is 628 g/mol. The SMILES string of the molecule is CC(=O)COC(=O)/C(=N\OC(C)(C)C(=O)OC(C)(C)C)c1csc(NC(c2ccccc2)(c2ccccc2)c2ccccc2)n1. The van der Waals surface area contributed by atoms with Gasteiger partial charge in [0.05, 0.1) is 0 Å². The van der Waals surface area contributed by atoms with Crippen LogP contribution in [0.4, 0.5) is 5.13 Å². The minimum Gasteiger partial charge on any atom is -0.457 e. The standard InChI is InChI=1S/C35H37N3O6S/c1-24(39)22-42-30(40)29(38-44-34(5,6)31(41)43-33(2,3)4)28-23-45-32(36-28)37-35(25-16-10-7-11-17-25,26-18-12-8-13-19-26)27-20-14-9-15-21-27/h7-21,23H,22H2,1-6H3,(H,36,37)/b38-29-. The van der Waals surface area contributed by atoms with Crippen molar-refractivity contribution >= 4 is 39.9 Å². The topological polar surface area (TPSA) is 116 Å². The van der Waals surface area contributed by atoms with Crippen LogP contribution in [0, 0.1) is 0 Å². The third-order valence-electron chi connectivity index (χ3n) is 6.52. The fourth-order valence-electron chi connectivity index (χ4n) is 4.40. The number of benzene rings is 3.